The lowest BCUT2D eigenvalue weighted by Gasteiger charge is -2.04. The first-order chi connectivity index (χ1) is 9.16. The minimum absolute atomic E-state index is 0.0629. The van der Waals surface area contributed by atoms with Gasteiger partial charge >= 0.3 is 5.97 Å². The minimum Gasteiger partial charge on any atom is -0.476 e. The number of aryl methyl sites for hydroxylation is 1. The van der Waals surface area contributed by atoms with Crippen molar-refractivity contribution in [2.75, 3.05) is 0 Å². The summed E-state index contributed by atoms with van der Waals surface area (Å²) >= 11 is 0. The average molecular weight is 253 g/mol. The fraction of sp³-hybridized carbons (Fsp3) is 0.0714. The van der Waals surface area contributed by atoms with Gasteiger partial charge in [0.05, 0.1) is 11.2 Å². The summed E-state index contributed by atoms with van der Waals surface area (Å²) in [6.45, 7) is 1.73. The summed E-state index contributed by atoms with van der Waals surface area (Å²) in [5.41, 5.74) is 2.26. The Balaban J connectivity index is 2.25. The summed E-state index contributed by atoms with van der Waals surface area (Å²) in [6.07, 6.45) is 3.41. The van der Waals surface area contributed by atoms with E-state index in [0.717, 1.165) is 16.6 Å². The van der Waals surface area contributed by atoms with Crippen molar-refractivity contribution in [2.24, 2.45) is 0 Å². The zero-order valence-electron chi connectivity index (χ0n) is 10.2. The van der Waals surface area contributed by atoms with Crippen molar-refractivity contribution in [1.82, 2.24) is 14.8 Å². The van der Waals surface area contributed by atoms with Crippen LogP contribution < -0.4 is 0 Å². The molecule has 0 aliphatic carbocycles. The van der Waals surface area contributed by atoms with Crippen molar-refractivity contribution in [3.05, 3.63) is 54.0 Å². The van der Waals surface area contributed by atoms with E-state index in [1.807, 2.05) is 30.3 Å². The maximum Gasteiger partial charge on any atom is 0.356 e. The Morgan fingerprint density at radius 3 is 2.79 bits per heavy atom. The topological polar surface area (TPSA) is 68.0 Å². The number of carboxylic acids is 1. The van der Waals surface area contributed by atoms with Gasteiger partial charge in [0.15, 0.2) is 5.69 Å². The lowest BCUT2D eigenvalue weighted by atomic mass is 10.2. The standard InChI is InChI=1S/C14H11N3O2/c1-9-8-17(16-12(9)14(18)19)11-6-2-4-10-5-3-7-15-13(10)11/h2-8H,1H3,(H,18,19). The van der Waals surface area contributed by atoms with Gasteiger partial charge in [-0.05, 0) is 19.1 Å². The highest BCUT2D eigenvalue weighted by Gasteiger charge is 2.14. The van der Waals surface area contributed by atoms with Gasteiger partial charge in [-0.25, -0.2) is 9.48 Å². The number of hydrogen-bond acceptors (Lipinski definition) is 3. The number of nitrogens with zero attached hydrogens (tertiary/aromatic N) is 3. The number of fused-ring (bicyclic) bond motifs is 1. The van der Waals surface area contributed by atoms with E-state index in [-0.39, 0.29) is 5.69 Å². The van der Waals surface area contributed by atoms with Crippen LogP contribution in [0.1, 0.15) is 16.1 Å². The lowest BCUT2D eigenvalue weighted by Crippen LogP contribution is -2.02. The van der Waals surface area contributed by atoms with Gasteiger partial charge in [0.25, 0.3) is 0 Å². The van der Waals surface area contributed by atoms with Gasteiger partial charge in [0.1, 0.15) is 0 Å². The van der Waals surface area contributed by atoms with Crippen molar-refractivity contribution in [3.63, 3.8) is 0 Å². The smallest absolute Gasteiger partial charge is 0.356 e. The van der Waals surface area contributed by atoms with E-state index in [2.05, 4.69) is 10.1 Å². The second-order valence-corrected chi connectivity index (χ2v) is 4.26. The molecular weight excluding hydrogens is 242 g/mol. The predicted octanol–water partition coefficient (Wildman–Crippen LogP) is 2.43. The molecule has 0 aliphatic rings. The third-order valence-corrected chi connectivity index (χ3v) is 2.96. The van der Waals surface area contributed by atoms with Gasteiger partial charge in [0, 0.05) is 23.3 Å². The number of carboxylic acid groups (broad SMARTS) is 1. The maximum atomic E-state index is 11.0. The van der Waals surface area contributed by atoms with Crippen molar-refractivity contribution in [2.45, 2.75) is 6.92 Å². The third-order valence-electron chi connectivity index (χ3n) is 2.96. The van der Waals surface area contributed by atoms with Crippen LogP contribution in [0.3, 0.4) is 0 Å². The predicted molar refractivity (Wildman–Crippen MR) is 70.6 cm³/mol. The van der Waals surface area contributed by atoms with Crippen LogP contribution in [0.5, 0.6) is 0 Å². The summed E-state index contributed by atoms with van der Waals surface area (Å²) < 4.78 is 1.56. The highest BCUT2D eigenvalue weighted by molar-refractivity contribution is 5.88. The maximum absolute atomic E-state index is 11.0. The molecule has 5 nitrogen and oxygen atoms in total. The molecule has 0 saturated carbocycles. The zero-order valence-corrected chi connectivity index (χ0v) is 10.2. The summed E-state index contributed by atoms with van der Waals surface area (Å²) in [6, 6.07) is 9.55. The van der Waals surface area contributed by atoms with E-state index in [4.69, 9.17) is 5.11 Å². The van der Waals surface area contributed by atoms with Crippen LogP contribution in [0.25, 0.3) is 16.6 Å². The molecule has 2 heterocycles. The summed E-state index contributed by atoms with van der Waals surface area (Å²) in [7, 11) is 0. The molecule has 5 heteroatoms. The highest BCUT2D eigenvalue weighted by atomic mass is 16.4. The quantitative estimate of drug-likeness (QED) is 0.761. The first-order valence-corrected chi connectivity index (χ1v) is 5.80. The van der Waals surface area contributed by atoms with Crippen LogP contribution in [0, 0.1) is 6.92 Å². The highest BCUT2D eigenvalue weighted by Crippen LogP contribution is 2.20. The SMILES string of the molecule is Cc1cn(-c2cccc3cccnc23)nc1C(=O)O. The molecule has 19 heavy (non-hydrogen) atoms. The molecular formula is C14H11N3O2. The van der Waals surface area contributed by atoms with Crippen molar-refractivity contribution >= 4 is 16.9 Å². The lowest BCUT2D eigenvalue weighted by molar-refractivity contribution is 0.0689. The number of carbonyl (C=O) groups is 1. The number of pyridine rings is 1. The number of aromatic carboxylic acids is 1. The monoisotopic (exact) mass is 253 g/mol. The second-order valence-electron chi connectivity index (χ2n) is 4.26. The van der Waals surface area contributed by atoms with Crippen LogP contribution in [-0.4, -0.2) is 25.8 Å². The Labute approximate surface area is 109 Å². The molecule has 3 aromatic rings. The molecule has 0 amide bonds. The van der Waals surface area contributed by atoms with Gasteiger partial charge in [-0.1, -0.05) is 18.2 Å². The van der Waals surface area contributed by atoms with E-state index < -0.39 is 5.97 Å². The molecule has 2 aromatic heterocycles. The van der Waals surface area contributed by atoms with Gasteiger partial charge in [-0.15, -0.1) is 0 Å². The van der Waals surface area contributed by atoms with E-state index in [1.165, 1.54) is 0 Å². The van der Waals surface area contributed by atoms with Crippen LogP contribution in [0.2, 0.25) is 0 Å². The Bertz CT molecular complexity index is 772. The van der Waals surface area contributed by atoms with Gasteiger partial charge < -0.3 is 5.11 Å². The van der Waals surface area contributed by atoms with E-state index in [0.29, 0.717) is 5.56 Å². The molecule has 0 atom stereocenters. The number of benzene rings is 1. The molecule has 0 unspecified atom stereocenters. The molecule has 94 valence electrons. The van der Waals surface area contributed by atoms with Crippen molar-refractivity contribution in [1.29, 1.82) is 0 Å². The summed E-state index contributed by atoms with van der Waals surface area (Å²) in [5, 5.41) is 14.1. The Morgan fingerprint density at radius 1 is 1.26 bits per heavy atom. The Morgan fingerprint density at radius 2 is 2.05 bits per heavy atom. The summed E-state index contributed by atoms with van der Waals surface area (Å²) in [4.78, 5) is 15.4. The molecule has 0 radical (unpaired) electrons. The molecule has 0 saturated heterocycles. The van der Waals surface area contributed by atoms with Crippen LogP contribution in [0.15, 0.2) is 42.7 Å². The van der Waals surface area contributed by atoms with Crippen LogP contribution >= 0.6 is 0 Å². The third kappa shape index (κ3) is 1.85. The summed E-state index contributed by atoms with van der Waals surface area (Å²) in [5.74, 6) is -1.02. The number of rotatable bonds is 2. The average Bonchev–Trinajstić information content (AvgIpc) is 2.80. The normalized spacial score (nSPS) is 10.8. The zero-order chi connectivity index (χ0) is 13.4. The van der Waals surface area contributed by atoms with Crippen molar-refractivity contribution in [3.8, 4) is 5.69 Å². The van der Waals surface area contributed by atoms with Gasteiger partial charge in [-0.3, -0.25) is 4.98 Å². The Kier molecular flexibility index (Phi) is 2.52. The van der Waals surface area contributed by atoms with Crippen LogP contribution in [0.4, 0.5) is 0 Å². The molecule has 1 N–H and O–H groups in total. The fourth-order valence-corrected chi connectivity index (χ4v) is 2.07. The first kappa shape index (κ1) is 11.4. The minimum atomic E-state index is -1.02. The van der Waals surface area contributed by atoms with E-state index in [1.54, 1.807) is 24.0 Å². The largest absolute Gasteiger partial charge is 0.476 e. The number of para-hydroxylation sites is 1. The van der Waals surface area contributed by atoms with Crippen molar-refractivity contribution < 1.29 is 9.90 Å². The van der Waals surface area contributed by atoms with Gasteiger partial charge in [-0.2, -0.15) is 5.10 Å². The second kappa shape index (κ2) is 4.20. The fourth-order valence-electron chi connectivity index (χ4n) is 2.07. The molecule has 3 rings (SSSR count). The molecule has 0 fully saturated rings. The van der Waals surface area contributed by atoms with E-state index >= 15 is 0 Å². The number of aromatic nitrogens is 3. The van der Waals surface area contributed by atoms with Crippen LogP contribution in [-0.2, 0) is 0 Å². The molecule has 1 aromatic carbocycles. The molecule has 0 bridgehead atoms. The van der Waals surface area contributed by atoms with Gasteiger partial charge in [0.2, 0.25) is 0 Å². The van der Waals surface area contributed by atoms with E-state index in [9.17, 15) is 4.79 Å². The number of hydrogen-bond donors (Lipinski definition) is 1. The molecule has 0 spiro atoms. The first-order valence-electron chi connectivity index (χ1n) is 5.80. The molecule has 0 aliphatic heterocycles. The Hall–Kier alpha value is -2.69.